The van der Waals surface area contributed by atoms with Gasteiger partial charge in [0.15, 0.2) is 0 Å². The second kappa shape index (κ2) is 11.6. The van der Waals surface area contributed by atoms with E-state index in [1.807, 2.05) is 65.6 Å². The summed E-state index contributed by atoms with van der Waals surface area (Å²) in [6.45, 7) is 14.5. The van der Waals surface area contributed by atoms with E-state index >= 15 is 0 Å². The number of anilines is 2. The zero-order valence-electron chi connectivity index (χ0n) is 25.4. The third-order valence-corrected chi connectivity index (χ3v) is 8.50. The number of fused-ring (bicyclic) bond motifs is 2. The maximum absolute atomic E-state index is 13.2. The molecule has 0 radical (unpaired) electrons. The van der Waals surface area contributed by atoms with Crippen LogP contribution < -0.4 is 21.3 Å². The zero-order valence-corrected chi connectivity index (χ0v) is 26.2. The lowest BCUT2D eigenvalue weighted by atomic mass is 9.93. The van der Waals surface area contributed by atoms with Crippen molar-refractivity contribution in [1.29, 1.82) is 0 Å². The summed E-state index contributed by atoms with van der Waals surface area (Å²) in [5, 5.41) is 7.01. The number of hydrogen-bond acceptors (Lipinski definition) is 10. The normalized spacial score (nSPS) is 20.6. The number of amides is 2. The first-order valence-corrected chi connectivity index (χ1v) is 15.3. The number of pyridine rings is 1. The number of carbonyl (C=O) groups excluding carboxylic acids is 2. The number of nitrogens with one attached hydrogen (secondary N) is 2. The first-order valence-electron chi connectivity index (χ1n) is 14.5. The van der Waals surface area contributed by atoms with Crippen LogP contribution in [0.2, 0.25) is 0 Å². The minimum Gasteiger partial charge on any atom is -0.444 e. The zero-order chi connectivity index (χ0) is 30.3. The Hall–Kier alpha value is -3.51. The Morgan fingerprint density at radius 3 is 2.64 bits per heavy atom. The van der Waals surface area contributed by atoms with Crippen LogP contribution in [0.4, 0.5) is 16.4 Å². The Morgan fingerprint density at radius 2 is 1.93 bits per heavy atom. The fourth-order valence-corrected chi connectivity index (χ4v) is 6.80. The molecule has 0 spiro atoms. The molecule has 5 rings (SSSR count). The summed E-state index contributed by atoms with van der Waals surface area (Å²) >= 11 is 1.34. The van der Waals surface area contributed by atoms with Gasteiger partial charge >= 0.3 is 6.09 Å². The molecule has 1 aliphatic carbocycles. The van der Waals surface area contributed by atoms with E-state index in [1.54, 1.807) is 0 Å². The molecule has 4 N–H and O–H groups in total. The number of thiophene rings is 1. The topological polar surface area (TPSA) is 145 Å². The van der Waals surface area contributed by atoms with Crippen molar-refractivity contribution in [3.8, 4) is 0 Å². The van der Waals surface area contributed by atoms with Crippen LogP contribution in [0, 0.1) is 13.8 Å². The smallest absolute Gasteiger partial charge is 0.408 e. The SMILES string of the molecule is Cc1cc(C)c2c(N)c(C(=O)N[C@@H]3CCc4nc(N5C[C@H](NC(=O)OC(C)(C)C)[C@@H](OC(C)C)C5)ncc4C3)sc2n1. The molecular weight excluding hydrogens is 554 g/mol. The number of aromatic nitrogens is 3. The summed E-state index contributed by atoms with van der Waals surface area (Å²) in [7, 11) is 0. The molecule has 0 saturated carbocycles. The van der Waals surface area contributed by atoms with Gasteiger partial charge in [-0.1, -0.05) is 0 Å². The van der Waals surface area contributed by atoms with Gasteiger partial charge in [-0.05, 0) is 84.9 Å². The molecule has 226 valence electrons. The molecule has 0 aromatic carbocycles. The first kappa shape index (κ1) is 30.0. The predicted octanol–water partition coefficient (Wildman–Crippen LogP) is 4.08. The largest absolute Gasteiger partial charge is 0.444 e. The van der Waals surface area contributed by atoms with E-state index in [9.17, 15) is 9.59 Å². The first-order chi connectivity index (χ1) is 19.8. The number of hydrogen-bond donors (Lipinski definition) is 3. The third-order valence-electron chi connectivity index (χ3n) is 7.40. The monoisotopic (exact) mass is 595 g/mol. The molecule has 4 heterocycles. The van der Waals surface area contributed by atoms with Crippen molar-refractivity contribution >= 4 is 45.2 Å². The average Bonchev–Trinajstić information content (AvgIpc) is 3.42. The van der Waals surface area contributed by atoms with E-state index in [4.69, 9.17) is 20.2 Å². The quantitative estimate of drug-likeness (QED) is 0.384. The summed E-state index contributed by atoms with van der Waals surface area (Å²) in [4.78, 5) is 43.2. The standard InChI is InChI=1S/C30H41N7O4S/c1-15(2)40-22-14-37(13-21(22)36-29(39)41-30(5,6)7)28-32-12-18-11-19(8-9-20(18)35-28)34-26(38)25-24(31)23-16(3)10-17(4)33-27(23)42-25/h10,12,15,19,21-22H,8-9,11,13-14,31H2,1-7H3,(H,34,38)(H,36,39)/t19-,21+,22+/m1/s1. The molecule has 3 aromatic heterocycles. The van der Waals surface area contributed by atoms with Gasteiger partial charge in [0.2, 0.25) is 5.95 Å². The second-order valence-electron chi connectivity index (χ2n) is 12.5. The number of ether oxygens (including phenoxy) is 2. The highest BCUT2D eigenvalue weighted by Gasteiger charge is 2.38. The lowest BCUT2D eigenvalue weighted by molar-refractivity contribution is 0.000666. The van der Waals surface area contributed by atoms with Crippen LogP contribution >= 0.6 is 11.3 Å². The van der Waals surface area contributed by atoms with E-state index in [-0.39, 0.29) is 30.2 Å². The van der Waals surface area contributed by atoms with E-state index in [2.05, 4.69) is 20.6 Å². The second-order valence-corrected chi connectivity index (χ2v) is 13.5. The fourth-order valence-electron chi connectivity index (χ4n) is 5.68. The molecule has 42 heavy (non-hydrogen) atoms. The molecule has 0 bridgehead atoms. The molecule has 12 heteroatoms. The number of alkyl carbamates (subject to hydrolysis) is 1. The van der Waals surface area contributed by atoms with Crippen LogP contribution in [0.1, 0.15) is 73.2 Å². The summed E-state index contributed by atoms with van der Waals surface area (Å²) in [6, 6.07) is 1.68. The van der Waals surface area contributed by atoms with Crippen molar-refractivity contribution in [2.45, 2.75) is 97.6 Å². The maximum Gasteiger partial charge on any atom is 0.408 e. The molecule has 2 amide bonds. The number of aryl methyl sites for hydroxylation is 3. The Kier molecular flexibility index (Phi) is 8.30. The molecule has 3 atom stereocenters. The predicted molar refractivity (Wildman–Crippen MR) is 164 cm³/mol. The van der Waals surface area contributed by atoms with Gasteiger partial charge in [0.05, 0.1) is 23.9 Å². The van der Waals surface area contributed by atoms with Gasteiger partial charge in [0.1, 0.15) is 15.3 Å². The summed E-state index contributed by atoms with van der Waals surface area (Å²) in [6.07, 6.45) is 3.29. The fraction of sp³-hybridized carbons (Fsp3) is 0.567. The average molecular weight is 596 g/mol. The van der Waals surface area contributed by atoms with Crippen molar-refractivity contribution < 1.29 is 19.1 Å². The van der Waals surface area contributed by atoms with Crippen molar-refractivity contribution in [3.05, 3.63) is 39.7 Å². The van der Waals surface area contributed by atoms with Crippen molar-refractivity contribution in [3.63, 3.8) is 0 Å². The van der Waals surface area contributed by atoms with Gasteiger partial charge in [-0.3, -0.25) is 4.79 Å². The van der Waals surface area contributed by atoms with Crippen LogP contribution in [0.3, 0.4) is 0 Å². The van der Waals surface area contributed by atoms with Crippen LogP contribution in [-0.2, 0) is 22.3 Å². The highest BCUT2D eigenvalue weighted by molar-refractivity contribution is 7.21. The Labute approximate surface area is 250 Å². The Bertz CT molecular complexity index is 1500. The highest BCUT2D eigenvalue weighted by atomic mass is 32.1. The highest BCUT2D eigenvalue weighted by Crippen LogP contribution is 2.35. The Balaban J connectivity index is 1.25. The van der Waals surface area contributed by atoms with Gasteiger partial charge in [-0.25, -0.2) is 19.7 Å². The van der Waals surface area contributed by atoms with Gasteiger partial charge in [0, 0.05) is 42.1 Å². The molecule has 11 nitrogen and oxygen atoms in total. The number of nitrogen functional groups attached to an aromatic ring is 1. The van der Waals surface area contributed by atoms with Gasteiger partial charge in [-0.15, -0.1) is 11.3 Å². The molecule has 3 aromatic rings. The number of nitrogens with zero attached hydrogens (tertiary/aromatic N) is 4. The van der Waals surface area contributed by atoms with Crippen LogP contribution in [0.5, 0.6) is 0 Å². The van der Waals surface area contributed by atoms with Crippen molar-refractivity contribution in [1.82, 2.24) is 25.6 Å². The minimum absolute atomic E-state index is 0.00166. The lowest BCUT2D eigenvalue weighted by Crippen LogP contribution is -2.46. The number of nitrogens with two attached hydrogens (primary N) is 1. The van der Waals surface area contributed by atoms with Crippen LogP contribution in [-0.4, -0.2) is 69.9 Å². The van der Waals surface area contributed by atoms with E-state index in [0.29, 0.717) is 36.0 Å². The van der Waals surface area contributed by atoms with E-state index in [0.717, 1.165) is 45.6 Å². The maximum atomic E-state index is 13.2. The van der Waals surface area contributed by atoms with Crippen molar-refractivity contribution in [2.24, 2.45) is 0 Å². The number of rotatable bonds is 6. The Morgan fingerprint density at radius 1 is 1.17 bits per heavy atom. The molecule has 1 saturated heterocycles. The molecular formula is C30H41N7O4S. The summed E-state index contributed by atoms with van der Waals surface area (Å²) < 4.78 is 11.6. The minimum atomic E-state index is -0.588. The van der Waals surface area contributed by atoms with Crippen molar-refractivity contribution in [2.75, 3.05) is 23.7 Å². The van der Waals surface area contributed by atoms with E-state index in [1.165, 1.54) is 11.3 Å². The molecule has 1 fully saturated rings. The number of carbonyl (C=O) groups is 2. The summed E-state index contributed by atoms with van der Waals surface area (Å²) in [5.41, 5.74) is 10.2. The van der Waals surface area contributed by atoms with E-state index < -0.39 is 11.7 Å². The molecule has 1 aliphatic heterocycles. The van der Waals surface area contributed by atoms with Crippen LogP contribution in [0.25, 0.3) is 10.2 Å². The van der Waals surface area contributed by atoms with Gasteiger partial charge in [-0.2, -0.15) is 0 Å². The van der Waals surface area contributed by atoms with Gasteiger partial charge in [0.25, 0.3) is 5.91 Å². The van der Waals surface area contributed by atoms with Crippen LogP contribution in [0.15, 0.2) is 12.3 Å². The molecule has 0 unspecified atom stereocenters. The summed E-state index contributed by atoms with van der Waals surface area (Å²) in [5.74, 6) is 0.439. The third kappa shape index (κ3) is 6.59. The van der Waals surface area contributed by atoms with Gasteiger partial charge < -0.3 is 30.7 Å². The lowest BCUT2D eigenvalue weighted by Gasteiger charge is -2.26. The molecule has 2 aliphatic rings.